The highest BCUT2D eigenvalue weighted by molar-refractivity contribution is 6.07. The molecule has 0 saturated heterocycles. The van der Waals surface area contributed by atoms with Gasteiger partial charge < -0.3 is 10.6 Å². The summed E-state index contributed by atoms with van der Waals surface area (Å²) in [6, 6.07) is 14.9. The molecular formula is C20H19N3O2. The SMILES string of the molecule is CC(=O)Nc1cccc(NC(=O)c2cc3cc(C)ccc3nc2C)c1. The number of rotatable bonds is 3. The second kappa shape index (κ2) is 6.73. The zero-order valence-electron chi connectivity index (χ0n) is 14.4. The molecule has 0 spiro atoms. The molecule has 5 nitrogen and oxygen atoms in total. The highest BCUT2D eigenvalue weighted by Crippen LogP contribution is 2.20. The minimum Gasteiger partial charge on any atom is -0.326 e. The van der Waals surface area contributed by atoms with Gasteiger partial charge in [-0.15, -0.1) is 0 Å². The van der Waals surface area contributed by atoms with E-state index in [0.717, 1.165) is 16.5 Å². The Kier molecular flexibility index (Phi) is 4.48. The van der Waals surface area contributed by atoms with Gasteiger partial charge in [-0.1, -0.05) is 17.7 Å². The summed E-state index contributed by atoms with van der Waals surface area (Å²) >= 11 is 0. The van der Waals surface area contributed by atoms with Gasteiger partial charge in [-0.05, 0) is 50.2 Å². The molecule has 0 saturated carbocycles. The maximum absolute atomic E-state index is 12.7. The molecule has 2 aromatic carbocycles. The van der Waals surface area contributed by atoms with Crippen LogP contribution in [0.4, 0.5) is 11.4 Å². The zero-order chi connectivity index (χ0) is 18.0. The van der Waals surface area contributed by atoms with Gasteiger partial charge in [-0.2, -0.15) is 0 Å². The number of carbonyl (C=O) groups excluding carboxylic acids is 2. The standard InChI is InChI=1S/C20H19N3O2/c1-12-7-8-19-15(9-12)10-18(13(2)21-19)20(25)23-17-6-4-5-16(11-17)22-14(3)24/h4-11H,1-3H3,(H,22,24)(H,23,25). The second-order valence-corrected chi connectivity index (χ2v) is 6.03. The highest BCUT2D eigenvalue weighted by atomic mass is 16.2. The Bertz CT molecular complexity index is 980. The van der Waals surface area contributed by atoms with Crippen molar-refractivity contribution in [2.45, 2.75) is 20.8 Å². The van der Waals surface area contributed by atoms with Gasteiger partial charge in [0.2, 0.25) is 5.91 Å². The summed E-state index contributed by atoms with van der Waals surface area (Å²) in [5.41, 5.74) is 4.43. The molecule has 0 fully saturated rings. The van der Waals surface area contributed by atoms with Crippen molar-refractivity contribution >= 4 is 34.1 Å². The van der Waals surface area contributed by atoms with Gasteiger partial charge >= 0.3 is 0 Å². The Morgan fingerprint density at radius 1 is 0.920 bits per heavy atom. The summed E-state index contributed by atoms with van der Waals surface area (Å²) in [6.07, 6.45) is 0. The molecule has 0 aliphatic heterocycles. The largest absolute Gasteiger partial charge is 0.326 e. The topological polar surface area (TPSA) is 71.1 Å². The van der Waals surface area contributed by atoms with Gasteiger partial charge in [0, 0.05) is 23.7 Å². The number of anilines is 2. The van der Waals surface area contributed by atoms with E-state index in [2.05, 4.69) is 15.6 Å². The van der Waals surface area contributed by atoms with Crippen molar-refractivity contribution in [3.8, 4) is 0 Å². The fraction of sp³-hybridized carbons (Fsp3) is 0.150. The van der Waals surface area contributed by atoms with Crippen LogP contribution in [0.5, 0.6) is 0 Å². The number of carbonyl (C=O) groups is 2. The molecule has 3 rings (SSSR count). The smallest absolute Gasteiger partial charge is 0.257 e. The predicted molar refractivity (Wildman–Crippen MR) is 99.9 cm³/mol. The van der Waals surface area contributed by atoms with Crippen LogP contribution in [0.1, 0.15) is 28.5 Å². The quantitative estimate of drug-likeness (QED) is 0.759. The lowest BCUT2D eigenvalue weighted by molar-refractivity contribution is -0.114. The summed E-state index contributed by atoms with van der Waals surface area (Å²) in [6.45, 7) is 5.27. The third-order valence-electron chi connectivity index (χ3n) is 3.85. The van der Waals surface area contributed by atoms with Crippen LogP contribution in [-0.2, 0) is 4.79 Å². The lowest BCUT2D eigenvalue weighted by atomic mass is 10.1. The molecular weight excluding hydrogens is 314 g/mol. The number of aryl methyl sites for hydroxylation is 2. The predicted octanol–water partition coefficient (Wildman–Crippen LogP) is 4.06. The molecule has 0 aliphatic carbocycles. The second-order valence-electron chi connectivity index (χ2n) is 6.03. The molecule has 2 amide bonds. The van der Waals surface area contributed by atoms with Crippen molar-refractivity contribution in [3.63, 3.8) is 0 Å². The van der Waals surface area contributed by atoms with Gasteiger partial charge in [-0.25, -0.2) is 0 Å². The summed E-state index contributed by atoms with van der Waals surface area (Å²) in [5.74, 6) is -0.387. The van der Waals surface area contributed by atoms with E-state index in [9.17, 15) is 9.59 Å². The molecule has 0 atom stereocenters. The number of amides is 2. The number of hydrogen-bond donors (Lipinski definition) is 2. The van der Waals surface area contributed by atoms with Gasteiger partial charge in [-0.3, -0.25) is 14.6 Å². The Labute approximate surface area is 146 Å². The maximum atomic E-state index is 12.7. The van der Waals surface area contributed by atoms with Crippen molar-refractivity contribution in [2.24, 2.45) is 0 Å². The van der Waals surface area contributed by atoms with Gasteiger partial charge in [0.25, 0.3) is 5.91 Å². The molecule has 0 radical (unpaired) electrons. The zero-order valence-corrected chi connectivity index (χ0v) is 14.4. The summed E-state index contributed by atoms with van der Waals surface area (Å²) in [5, 5.41) is 6.49. The van der Waals surface area contributed by atoms with Crippen molar-refractivity contribution in [1.29, 1.82) is 0 Å². The van der Waals surface area contributed by atoms with Crippen molar-refractivity contribution in [2.75, 3.05) is 10.6 Å². The summed E-state index contributed by atoms with van der Waals surface area (Å²) < 4.78 is 0. The lowest BCUT2D eigenvalue weighted by Gasteiger charge is -2.10. The number of hydrogen-bond acceptors (Lipinski definition) is 3. The minimum atomic E-state index is -0.228. The molecule has 1 heterocycles. The number of fused-ring (bicyclic) bond motifs is 1. The normalized spacial score (nSPS) is 10.5. The minimum absolute atomic E-state index is 0.159. The Morgan fingerprint density at radius 3 is 2.36 bits per heavy atom. The van der Waals surface area contributed by atoms with E-state index in [1.807, 2.05) is 38.1 Å². The lowest BCUT2D eigenvalue weighted by Crippen LogP contribution is -2.14. The van der Waals surface area contributed by atoms with Gasteiger partial charge in [0.15, 0.2) is 0 Å². The Morgan fingerprint density at radius 2 is 1.64 bits per heavy atom. The maximum Gasteiger partial charge on any atom is 0.257 e. The molecule has 5 heteroatoms. The van der Waals surface area contributed by atoms with Crippen molar-refractivity contribution < 1.29 is 9.59 Å². The Balaban J connectivity index is 1.89. The number of pyridine rings is 1. The number of benzene rings is 2. The highest BCUT2D eigenvalue weighted by Gasteiger charge is 2.12. The fourth-order valence-corrected chi connectivity index (χ4v) is 2.70. The van der Waals surface area contributed by atoms with Crippen LogP contribution in [0.2, 0.25) is 0 Å². The van der Waals surface area contributed by atoms with Crippen LogP contribution in [0, 0.1) is 13.8 Å². The van der Waals surface area contributed by atoms with E-state index in [0.29, 0.717) is 22.6 Å². The molecule has 0 bridgehead atoms. The first kappa shape index (κ1) is 16.6. The van der Waals surface area contributed by atoms with Gasteiger partial charge in [0.05, 0.1) is 16.8 Å². The van der Waals surface area contributed by atoms with Crippen LogP contribution in [0.15, 0.2) is 48.5 Å². The Hall–Kier alpha value is -3.21. The van der Waals surface area contributed by atoms with Crippen molar-refractivity contribution in [1.82, 2.24) is 4.98 Å². The number of nitrogens with one attached hydrogen (secondary N) is 2. The number of aromatic nitrogens is 1. The molecule has 0 unspecified atom stereocenters. The average molecular weight is 333 g/mol. The summed E-state index contributed by atoms with van der Waals surface area (Å²) in [4.78, 5) is 28.3. The molecule has 25 heavy (non-hydrogen) atoms. The number of nitrogens with zero attached hydrogens (tertiary/aromatic N) is 1. The van der Waals surface area contributed by atoms with E-state index in [1.54, 1.807) is 24.3 Å². The first-order valence-corrected chi connectivity index (χ1v) is 7.99. The van der Waals surface area contributed by atoms with E-state index in [1.165, 1.54) is 6.92 Å². The summed E-state index contributed by atoms with van der Waals surface area (Å²) in [7, 11) is 0. The third-order valence-corrected chi connectivity index (χ3v) is 3.85. The van der Waals surface area contributed by atoms with Crippen LogP contribution >= 0.6 is 0 Å². The van der Waals surface area contributed by atoms with Crippen LogP contribution in [0.25, 0.3) is 10.9 Å². The molecule has 1 aromatic heterocycles. The first-order chi connectivity index (χ1) is 11.9. The van der Waals surface area contributed by atoms with Crippen LogP contribution in [-0.4, -0.2) is 16.8 Å². The van der Waals surface area contributed by atoms with E-state index < -0.39 is 0 Å². The molecule has 0 aliphatic rings. The molecule has 126 valence electrons. The monoisotopic (exact) mass is 333 g/mol. The van der Waals surface area contributed by atoms with E-state index in [-0.39, 0.29) is 11.8 Å². The first-order valence-electron chi connectivity index (χ1n) is 7.99. The van der Waals surface area contributed by atoms with E-state index >= 15 is 0 Å². The fourth-order valence-electron chi connectivity index (χ4n) is 2.70. The molecule has 2 N–H and O–H groups in total. The van der Waals surface area contributed by atoms with Crippen molar-refractivity contribution in [3.05, 3.63) is 65.4 Å². The van der Waals surface area contributed by atoms with Crippen LogP contribution in [0.3, 0.4) is 0 Å². The van der Waals surface area contributed by atoms with Crippen LogP contribution < -0.4 is 10.6 Å². The van der Waals surface area contributed by atoms with Gasteiger partial charge in [0.1, 0.15) is 0 Å². The van der Waals surface area contributed by atoms with E-state index in [4.69, 9.17) is 0 Å². The molecule has 3 aromatic rings. The third kappa shape index (κ3) is 3.83. The average Bonchev–Trinajstić information content (AvgIpc) is 2.54.